The smallest absolute Gasteiger partial charge is 0.269 e. The number of benzene rings is 3. The van der Waals surface area contributed by atoms with Gasteiger partial charge in [-0.25, -0.2) is 0 Å². The molecule has 0 saturated carbocycles. The van der Waals surface area contributed by atoms with Crippen molar-refractivity contribution in [1.82, 2.24) is 0 Å². The maximum atomic E-state index is 13.5. The standard InChI is InChI=1S/C26H19Cl2N3O2S/c1-16-2-10-20(11-3-16)30-24(32)22(15-29)26-31(21-12-8-19(28)9-13-21)25(33)23(34-26)14-17-4-6-18(27)7-5-17/h2-13,23H,14H2,1H3,(H,30,32). The van der Waals surface area contributed by atoms with E-state index in [1.807, 2.05) is 37.3 Å². The largest absolute Gasteiger partial charge is 0.321 e. The molecule has 4 rings (SSSR count). The van der Waals surface area contributed by atoms with Crippen molar-refractivity contribution in [3.63, 3.8) is 0 Å². The molecule has 1 N–H and O–H groups in total. The van der Waals surface area contributed by atoms with Gasteiger partial charge in [0, 0.05) is 21.4 Å². The lowest BCUT2D eigenvalue weighted by Crippen LogP contribution is -2.30. The van der Waals surface area contributed by atoms with Gasteiger partial charge < -0.3 is 5.32 Å². The van der Waals surface area contributed by atoms with Crippen LogP contribution in [0.4, 0.5) is 11.4 Å². The van der Waals surface area contributed by atoms with Gasteiger partial charge in [0.1, 0.15) is 16.7 Å². The second-order valence-corrected chi connectivity index (χ2v) is 9.76. The zero-order valence-corrected chi connectivity index (χ0v) is 20.4. The first kappa shape index (κ1) is 23.9. The topological polar surface area (TPSA) is 73.2 Å². The zero-order chi connectivity index (χ0) is 24.2. The Bertz CT molecular complexity index is 1300. The molecule has 1 unspecified atom stereocenters. The number of aryl methyl sites for hydroxylation is 1. The van der Waals surface area contributed by atoms with Crippen LogP contribution in [0.15, 0.2) is 83.4 Å². The van der Waals surface area contributed by atoms with Gasteiger partial charge in [-0.3, -0.25) is 14.5 Å². The number of amides is 2. The molecule has 0 spiro atoms. The van der Waals surface area contributed by atoms with Gasteiger partial charge in [0.15, 0.2) is 0 Å². The van der Waals surface area contributed by atoms with Gasteiger partial charge in [0.2, 0.25) is 5.91 Å². The Balaban J connectivity index is 1.71. The van der Waals surface area contributed by atoms with E-state index in [0.717, 1.165) is 11.1 Å². The van der Waals surface area contributed by atoms with Gasteiger partial charge >= 0.3 is 0 Å². The lowest BCUT2D eigenvalue weighted by atomic mass is 10.1. The number of carbonyl (C=O) groups is 2. The first-order valence-electron chi connectivity index (χ1n) is 10.4. The van der Waals surface area contributed by atoms with Crippen molar-refractivity contribution in [2.45, 2.75) is 18.6 Å². The SMILES string of the molecule is Cc1ccc(NC(=O)C(C#N)=C2SC(Cc3ccc(Cl)cc3)C(=O)N2c2ccc(Cl)cc2)cc1. The van der Waals surface area contributed by atoms with E-state index in [2.05, 4.69) is 5.32 Å². The molecule has 1 saturated heterocycles. The molecule has 2 amide bonds. The Hall–Kier alpha value is -3.24. The Morgan fingerprint density at radius 2 is 1.59 bits per heavy atom. The van der Waals surface area contributed by atoms with E-state index in [9.17, 15) is 14.9 Å². The van der Waals surface area contributed by atoms with Crippen LogP contribution in [0.3, 0.4) is 0 Å². The van der Waals surface area contributed by atoms with Crippen molar-refractivity contribution in [3.8, 4) is 6.07 Å². The number of nitrogens with one attached hydrogen (secondary N) is 1. The maximum Gasteiger partial charge on any atom is 0.269 e. The van der Waals surface area contributed by atoms with Gasteiger partial charge in [0.25, 0.3) is 5.91 Å². The number of hydrogen-bond donors (Lipinski definition) is 1. The summed E-state index contributed by atoms with van der Waals surface area (Å²) in [6.45, 7) is 1.94. The average Bonchev–Trinajstić information content (AvgIpc) is 3.13. The molecule has 5 nitrogen and oxygen atoms in total. The van der Waals surface area contributed by atoms with E-state index in [0.29, 0.717) is 32.9 Å². The number of carbonyl (C=O) groups excluding carboxylic acids is 2. The fraction of sp³-hybridized carbons (Fsp3) is 0.115. The average molecular weight is 508 g/mol. The summed E-state index contributed by atoms with van der Waals surface area (Å²) in [7, 11) is 0. The van der Waals surface area contributed by atoms with Crippen LogP contribution in [0.2, 0.25) is 10.0 Å². The molecule has 1 aliphatic heterocycles. The third-order valence-corrected chi connectivity index (χ3v) is 7.00. The van der Waals surface area contributed by atoms with Crippen molar-refractivity contribution in [2.24, 2.45) is 0 Å². The van der Waals surface area contributed by atoms with E-state index >= 15 is 0 Å². The molecule has 8 heteroatoms. The van der Waals surface area contributed by atoms with Gasteiger partial charge in [-0.2, -0.15) is 5.26 Å². The summed E-state index contributed by atoms with van der Waals surface area (Å²) in [5.41, 5.74) is 2.94. The third-order valence-electron chi connectivity index (χ3n) is 5.23. The monoisotopic (exact) mass is 507 g/mol. The highest BCUT2D eigenvalue weighted by Crippen LogP contribution is 2.42. The fourth-order valence-corrected chi connectivity index (χ4v) is 5.04. The molecule has 1 aliphatic rings. The van der Waals surface area contributed by atoms with Crippen LogP contribution in [0, 0.1) is 18.3 Å². The summed E-state index contributed by atoms with van der Waals surface area (Å²) in [6, 6.07) is 23.2. The van der Waals surface area contributed by atoms with E-state index < -0.39 is 11.2 Å². The summed E-state index contributed by atoms with van der Waals surface area (Å²) >= 11 is 13.2. The van der Waals surface area contributed by atoms with E-state index in [1.165, 1.54) is 16.7 Å². The Kier molecular flexibility index (Phi) is 7.28. The summed E-state index contributed by atoms with van der Waals surface area (Å²) < 4.78 is 0. The van der Waals surface area contributed by atoms with Crippen molar-refractivity contribution in [1.29, 1.82) is 5.26 Å². The molecule has 0 aliphatic carbocycles. The Morgan fingerprint density at radius 3 is 2.18 bits per heavy atom. The van der Waals surface area contributed by atoms with Crippen LogP contribution in [0.1, 0.15) is 11.1 Å². The fourth-order valence-electron chi connectivity index (χ4n) is 3.48. The molecule has 0 aromatic heterocycles. The summed E-state index contributed by atoms with van der Waals surface area (Å²) in [6.07, 6.45) is 0.423. The second-order valence-electron chi connectivity index (χ2n) is 7.70. The van der Waals surface area contributed by atoms with Crippen molar-refractivity contribution in [2.75, 3.05) is 10.2 Å². The Morgan fingerprint density at radius 1 is 1.00 bits per heavy atom. The molecule has 1 heterocycles. The molecule has 1 atom stereocenters. The van der Waals surface area contributed by atoms with Crippen molar-refractivity contribution < 1.29 is 9.59 Å². The molecule has 0 bridgehead atoms. The maximum absolute atomic E-state index is 13.5. The molecular formula is C26H19Cl2N3O2S. The summed E-state index contributed by atoms with van der Waals surface area (Å²) in [5.74, 6) is -0.791. The van der Waals surface area contributed by atoms with Crippen LogP contribution in [-0.2, 0) is 16.0 Å². The highest BCUT2D eigenvalue weighted by atomic mass is 35.5. The molecule has 34 heavy (non-hydrogen) atoms. The zero-order valence-electron chi connectivity index (χ0n) is 18.1. The normalized spacial score (nSPS) is 16.8. The summed E-state index contributed by atoms with van der Waals surface area (Å²) in [4.78, 5) is 28.0. The number of thioether (sulfide) groups is 1. The highest BCUT2D eigenvalue weighted by Gasteiger charge is 2.40. The molecule has 3 aromatic carbocycles. The minimum atomic E-state index is -0.576. The number of hydrogen-bond acceptors (Lipinski definition) is 4. The second kappa shape index (κ2) is 10.4. The van der Waals surface area contributed by atoms with Crippen molar-refractivity contribution >= 4 is 58.2 Å². The number of rotatable bonds is 5. The molecular weight excluding hydrogens is 489 g/mol. The lowest BCUT2D eigenvalue weighted by molar-refractivity contribution is -0.117. The van der Waals surface area contributed by atoms with Crippen LogP contribution in [0.25, 0.3) is 0 Å². The van der Waals surface area contributed by atoms with Crippen LogP contribution in [0.5, 0.6) is 0 Å². The van der Waals surface area contributed by atoms with Crippen LogP contribution in [-0.4, -0.2) is 17.1 Å². The predicted molar refractivity (Wildman–Crippen MR) is 138 cm³/mol. The van der Waals surface area contributed by atoms with Gasteiger partial charge in [-0.05, 0) is 67.4 Å². The third kappa shape index (κ3) is 5.28. The summed E-state index contributed by atoms with van der Waals surface area (Å²) in [5, 5.41) is 13.6. The highest BCUT2D eigenvalue weighted by molar-refractivity contribution is 8.05. The van der Waals surface area contributed by atoms with E-state index in [4.69, 9.17) is 23.2 Å². The Labute approximate surface area is 212 Å². The number of halogens is 2. The minimum Gasteiger partial charge on any atom is -0.321 e. The minimum absolute atomic E-state index is 0.132. The van der Waals surface area contributed by atoms with Crippen molar-refractivity contribution in [3.05, 3.63) is 105 Å². The van der Waals surface area contributed by atoms with Gasteiger partial charge in [-0.15, -0.1) is 0 Å². The van der Waals surface area contributed by atoms with E-state index in [-0.39, 0.29) is 11.5 Å². The lowest BCUT2D eigenvalue weighted by Gasteiger charge is -2.19. The molecule has 0 radical (unpaired) electrons. The number of nitrogens with zero attached hydrogens (tertiary/aromatic N) is 2. The molecule has 170 valence electrons. The molecule has 1 fully saturated rings. The van der Waals surface area contributed by atoms with Crippen LogP contribution >= 0.6 is 35.0 Å². The van der Waals surface area contributed by atoms with E-state index in [1.54, 1.807) is 48.5 Å². The van der Waals surface area contributed by atoms with Gasteiger partial charge in [0.05, 0.1) is 5.25 Å². The van der Waals surface area contributed by atoms with Gasteiger partial charge in [-0.1, -0.05) is 64.8 Å². The number of nitriles is 1. The predicted octanol–water partition coefficient (Wildman–Crippen LogP) is 6.37. The molecule has 3 aromatic rings. The van der Waals surface area contributed by atoms with Crippen LogP contribution < -0.4 is 10.2 Å². The number of anilines is 2. The first-order valence-corrected chi connectivity index (χ1v) is 12.0. The first-order chi connectivity index (χ1) is 16.4. The quantitative estimate of drug-likeness (QED) is 0.321.